The smallest absolute Gasteiger partial charge is 0.276 e. The molecule has 4 rings (SSSR count). The second-order valence-electron chi connectivity index (χ2n) is 5.33. The van der Waals surface area contributed by atoms with Crippen LogP contribution in [0.4, 0.5) is 5.69 Å². The van der Waals surface area contributed by atoms with Crippen molar-refractivity contribution >= 4 is 17.1 Å². The van der Waals surface area contributed by atoms with Crippen LogP contribution in [0.2, 0.25) is 0 Å². The maximum absolute atomic E-state index is 12.3. The number of aromatic nitrogens is 4. The summed E-state index contributed by atoms with van der Waals surface area (Å²) in [5, 5.41) is 7.17. The minimum atomic E-state index is -0.211. The molecule has 0 radical (unpaired) electrons. The molecule has 0 aliphatic heterocycles. The van der Waals surface area contributed by atoms with Crippen LogP contribution < -0.4 is 5.32 Å². The fraction of sp³-hybridized carbons (Fsp3) is 0.267. The van der Waals surface area contributed by atoms with Crippen LogP contribution >= 0.6 is 0 Å². The first kappa shape index (κ1) is 12.1. The molecule has 3 aromatic heterocycles. The van der Waals surface area contributed by atoms with Gasteiger partial charge in [-0.1, -0.05) is 6.07 Å². The molecule has 1 N–H and O–H groups in total. The number of hydrogen-bond acceptors (Lipinski definition) is 3. The normalized spacial score (nSPS) is 15.0. The van der Waals surface area contributed by atoms with E-state index in [9.17, 15) is 4.79 Å². The molecule has 6 heteroatoms. The first-order valence-electron chi connectivity index (χ1n) is 7.08. The van der Waals surface area contributed by atoms with E-state index in [0.717, 1.165) is 5.52 Å². The first-order valence-corrected chi connectivity index (χ1v) is 7.08. The predicted octanol–water partition coefficient (Wildman–Crippen LogP) is 2.51. The van der Waals surface area contributed by atoms with Gasteiger partial charge in [-0.2, -0.15) is 5.10 Å². The SMILES string of the molecule is O=C(Nc1cnn(C2CCC2)c1)c1ncn2ccccc12. The van der Waals surface area contributed by atoms with Gasteiger partial charge in [-0.05, 0) is 31.4 Å². The molecular formula is C15H15N5O. The Balaban J connectivity index is 1.56. The second kappa shape index (κ2) is 4.73. The maximum atomic E-state index is 12.3. The third-order valence-electron chi connectivity index (χ3n) is 3.97. The number of carbonyl (C=O) groups excluding carboxylic acids is 1. The van der Waals surface area contributed by atoms with E-state index in [0.29, 0.717) is 17.4 Å². The molecule has 1 aliphatic carbocycles. The van der Waals surface area contributed by atoms with E-state index in [1.807, 2.05) is 39.7 Å². The van der Waals surface area contributed by atoms with Gasteiger partial charge in [0.1, 0.15) is 6.33 Å². The Morgan fingerprint density at radius 2 is 2.24 bits per heavy atom. The van der Waals surface area contributed by atoms with Gasteiger partial charge in [0.15, 0.2) is 5.69 Å². The summed E-state index contributed by atoms with van der Waals surface area (Å²) < 4.78 is 3.76. The minimum absolute atomic E-state index is 0.211. The number of nitrogens with zero attached hydrogens (tertiary/aromatic N) is 4. The molecule has 106 valence electrons. The van der Waals surface area contributed by atoms with Gasteiger partial charge >= 0.3 is 0 Å². The van der Waals surface area contributed by atoms with Gasteiger partial charge in [0.05, 0.1) is 23.4 Å². The number of pyridine rings is 1. The molecule has 3 aromatic rings. The molecule has 21 heavy (non-hydrogen) atoms. The van der Waals surface area contributed by atoms with Crippen LogP contribution in [0.5, 0.6) is 0 Å². The Bertz CT molecular complexity index is 799. The third kappa shape index (κ3) is 2.08. The fourth-order valence-electron chi connectivity index (χ4n) is 2.56. The van der Waals surface area contributed by atoms with Crippen molar-refractivity contribution in [2.45, 2.75) is 25.3 Å². The Morgan fingerprint density at radius 3 is 3.05 bits per heavy atom. The van der Waals surface area contributed by atoms with E-state index in [-0.39, 0.29) is 5.91 Å². The van der Waals surface area contributed by atoms with Crippen LogP contribution in [0.25, 0.3) is 5.52 Å². The van der Waals surface area contributed by atoms with Crippen LogP contribution in [-0.2, 0) is 0 Å². The maximum Gasteiger partial charge on any atom is 0.276 e. The molecule has 0 atom stereocenters. The van der Waals surface area contributed by atoms with Crippen LogP contribution in [0.3, 0.4) is 0 Å². The number of anilines is 1. The van der Waals surface area contributed by atoms with Gasteiger partial charge in [0.2, 0.25) is 0 Å². The monoisotopic (exact) mass is 281 g/mol. The standard InChI is InChI=1S/C15H15N5O/c21-15(14-13-6-1-2-7-19(13)10-16-14)18-11-8-17-20(9-11)12-4-3-5-12/h1-2,6-10,12H,3-5H2,(H,18,21). The lowest BCUT2D eigenvalue weighted by Crippen LogP contribution is -2.17. The lowest BCUT2D eigenvalue weighted by atomic mass is 9.93. The molecule has 1 amide bonds. The highest BCUT2D eigenvalue weighted by molar-refractivity contribution is 6.07. The van der Waals surface area contributed by atoms with Gasteiger partial charge in [-0.15, -0.1) is 0 Å². The van der Waals surface area contributed by atoms with Crippen LogP contribution in [0.1, 0.15) is 35.8 Å². The first-order chi connectivity index (χ1) is 10.3. The second-order valence-corrected chi connectivity index (χ2v) is 5.33. The number of nitrogens with one attached hydrogen (secondary N) is 1. The van der Waals surface area contributed by atoms with E-state index >= 15 is 0 Å². The number of amides is 1. The van der Waals surface area contributed by atoms with Crippen molar-refractivity contribution in [1.82, 2.24) is 19.2 Å². The summed E-state index contributed by atoms with van der Waals surface area (Å²) in [6.07, 6.45) is 10.7. The van der Waals surface area contributed by atoms with E-state index in [4.69, 9.17) is 0 Å². The topological polar surface area (TPSA) is 64.2 Å². The molecule has 1 fully saturated rings. The molecular weight excluding hydrogens is 266 g/mol. The number of fused-ring (bicyclic) bond motifs is 1. The fourth-order valence-corrected chi connectivity index (χ4v) is 2.56. The van der Waals surface area contributed by atoms with Crippen molar-refractivity contribution in [3.63, 3.8) is 0 Å². The molecule has 1 saturated carbocycles. The van der Waals surface area contributed by atoms with Crippen molar-refractivity contribution in [2.75, 3.05) is 5.32 Å². The highest BCUT2D eigenvalue weighted by Gasteiger charge is 2.20. The summed E-state index contributed by atoms with van der Waals surface area (Å²) in [7, 11) is 0. The Hall–Kier alpha value is -2.63. The largest absolute Gasteiger partial charge is 0.318 e. The van der Waals surface area contributed by atoms with E-state index in [1.165, 1.54) is 19.3 Å². The number of rotatable bonds is 3. The average Bonchev–Trinajstić information content (AvgIpc) is 3.03. The highest BCUT2D eigenvalue weighted by Crippen LogP contribution is 2.31. The van der Waals surface area contributed by atoms with Crippen LogP contribution in [0, 0.1) is 0 Å². The van der Waals surface area contributed by atoms with E-state index < -0.39 is 0 Å². The lowest BCUT2D eigenvalue weighted by molar-refractivity contribution is 0.102. The molecule has 6 nitrogen and oxygen atoms in total. The zero-order valence-corrected chi connectivity index (χ0v) is 11.4. The quantitative estimate of drug-likeness (QED) is 0.802. The Labute approximate surface area is 121 Å². The molecule has 1 aliphatic rings. The van der Waals surface area contributed by atoms with Crippen molar-refractivity contribution in [2.24, 2.45) is 0 Å². The number of hydrogen-bond donors (Lipinski definition) is 1. The summed E-state index contributed by atoms with van der Waals surface area (Å²) in [5.41, 5.74) is 1.93. The average molecular weight is 281 g/mol. The molecule has 0 aromatic carbocycles. The zero-order valence-electron chi connectivity index (χ0n) is 11.4. The Morgan fingerprint density at radius 1 is 1.33 bits per heavy atom. The number of carbonyl (C=O) groups is 1. The highest BCUT2D eigenvalue weighted by atomic mass is 16.1. The van der Waals surface area contributed by atoms with Crippen molar-refractivity contribution < 1.29 is 4.79 Å². The van der Waals surface area contributed by atoms with Gasteiger partial charge in [0.25, 0.3) is 5.91 Å². The molecule has 0 bridgehead atoms. The van der Waals surface area contributed by atoms with Crippen LogP contribution in [0.15, 0.2) is 43.1 Å². The van der Waals surface area contributed by atoms with E-state index in [2.05, 4.69) is 15.4 Å². The predicted molar refractivity (Wildman–Crippen MR) is 78.3 cm³/mol. The van der Waals surface area contributed by atoms with Gasteiger partial charge in [0, 0.05) is 12.4 Å². The van der Waals surface area contributed by atoms with E-state index in [1.54, 1.807) is 12.5 Å². The van der Waals surface area contributed by atoms with Crippen molar-refractivity contribution in [3.8, 4) is 0 Å². The summed E-state index contributed by atoms with van der Waals surface area (Å²) >= 11 is 0. The minimum Gasteiger partial charge on any atom is -0.318 e. The molecule has 0 saturated heterocycles. The zero-order chi connectivity index (χ0) is 14.2. The van der Waals surface area contributed by atoms with Gasteiger partial charge in [-0.25, -0.2) is 4.98 Å². The summed E-state index contributed by atoms with van der Waals surface area (Å²) in [6.45, 7) is 0. The summed E-state index contributed by atoms with van der Waals surface area (Å²) in [6, 6.07) is 6.16. The van der Waals surface area contributed by atoms with Crippen molar-refractivity contribution in [1.29, 1.82) is 0 Å². The molecule has 0 unspecified atom stereocenters. The Kier molecular flexibility index (Phi) is 2.73. The van der Waals surface area contributed by atoms with Crippen LogP contribution in [-0.4, -0.2) is 25.1 Å². The summed E-state index contributed by atoms with van der Waals surface area (Å²) in [4.78, 5) is 16.5. The molecule has 3 heterocycles. The van der Waals surface area contributed by atoms with Gasteiger partial charge in [-0.3, -0.25) is 9.48 Å². The lowest BCUT2D eigenvalue weighted by Gasteiger charge is -2.25. The molecule has 0 spiro atoms. The number of imidazole rings is 1. The van der Waals surface area contributed by atoms with Crippen molar-refractivity contribution in [3.05, 3.63) is 48.8 Å². The van der Waals surface area contributed by atoms with Gasteiger partial charge < -0.3 is 9.72 Å². The third-order valence-corrected chi connectivity index (χ3v) is 3.97. The summed E-state index contributed by atoms with van der Waals surface area (Å²) in [5.74, 6) is -0.211.